The maximum absolute atomic E-state index is 11.7. The van der Waals surface area contributed by atoms with Crippen molar-refractivity contribution in [2.24, 2.45) is 11.7 Å². The van der Waals surface area contributed by atoms with Gasteiger partial charge in [-0.05, 0) is 19.8 Å². The summed E-state index contributed by atoms with van der Waals surface area (Å²) in [7, 11) is 0. The Kier molecular flexibility index (Phi) is 4.89. The third kappa shape index (κ3) is 3.67. The molecule has 6 heteroatoms. The van der Waals surface area contributed by atoms with Gasteiger partial charge in [-0.2, -0.15) is 0 Å². The molecule has 0 aliphatic heterocycles. The molecule has 0 spiro atoms. The number of ether oxygens (including phenoxy) is 1. The number of esters is 1. The summed E-state index contributed by atoms with van der Waals surface area (Å²) < 4.78 is 4.91. The minimum atomic E-state index is -0.764. The van der Waals surface area contributed by atoms with Crippen LogP contribution in [0.3, 0.4) is 0 Å². The number of hydrogen-bond donors (Lipinski definition) is 3. The van der Waals surface area contributed by atoms with Crippen LogP contribution < -0.4 is 11.1 Å². The van der Waals surface area contributed by atoms with Crippen LogP contribution in [0.25, 0.3) is 0 Å². The van der Waals surface area contributed by atoms with Gasteiger partial charge in [-0.25, -0.2) is 4.79 Å². The van der Waals surface area contributed by atoms with Gasteiger partial charge in [0.2, 0.25) is 5.91 Å². The predicted molar refractivity (Wildman–Crippen MR) is 60.9 cm³/mol. The molecule has 0 heterocycles. The summed E-state index contributed by atoms with van der Waals surface area (Å²) >= 11 is 0. The van der Waals surface area contributed by atoms with Crippen molar-refractivity contribution in [2.45, 2.75) is 44.9 Å². The number of aliphatic hydroxyl groups excluding tert-OH is 1. The molecular formula is C11H20N2O4. The number of carbonyl (C=O) groups is 2. The predicted octanol–water partition coefficient (Wildman–Crippen LogP) is -0.848. The van der Waals surface area contributed by atoms with Crippen molar-refractivity contribution in [2.75, 3.05) is 6.61 Å². The molecule has 0 bridgehead atoms. The van der Waals surface area contributed by atoms with Gasteiger partial charge in [0.25, 0.3) is 0 Å². The Bertz CT molecular complexity index is 295. The standard InChI is InChI=1S/C11H20N2O4/c1-3-17-11(16)10(13-6(2)14)8-4-7(15)5-9(8)12/h7-10,15H,3-5,12H2,1-2H3,(H,13,14). The Morgan fingerprint density at radius 3 is 2.59 bits per heavy atom. The molecule has 4 N–H and O–H groups in total. The first-order valence-corrected chi connectivity index (χ1v) is 5.83. The summed E-state index contributed by atoms with van der Waals surface area (Å²) in [5.74, 6) is -1.07. The average molecular weight is 244 g/mol. The van der Waals surface area contributed by atoms with Crippen LogP contribution in [0.2, 0.25) is 0 Å². The number of nitrogens with two attached hydrogens (primary N) is 1. The summed E-state index contributed by atoms with van der Waals surface area (Å²) in [6.45, 7) is 3.29. The molecule has 17 heavy (non-hydrogen) atoms. The van der Waals surface area contributed by atoms with Gasteiger partial charge in [-0.3, -0.25) is 4.79 Å². The van der Waals surface area contributed by atoms with Crippen LogP contribution in [0.15, 0.2) is 0 Å². The molecular weight excluding hydrogens is 224 g/mol. The van der Waals surface area contributed by atoms with Gasteiger partial charge in [0, 0.05) is 18.9 Å². The van der Waals surface area contributed by atoms with Gasteiger partial charge >= 0.3 is 5.97 Å². The molecule has 1 aliphatic rings. The number of carbonyl (C=O) groups excluding carboxylic acids is 2. The second kappa shape index (κ2) is 5.97. The van der Waals surface area contributed by atoms with E-state index in [1.807, 2.05) is 0 Å². The molecule has 1 saturated carbocycles. The van der Waals surface area contributed by atoms with Gasteiger partial charge < -0.3 is 20.9 Å². The van der Waals surface area contributed by atoms with E-state index in [1.165, 1.54) is 6.92 Å². The van der Waals surface area contributed by atoms with Crippen molar-refractivity contribution >= 4 is 11.9 Å². The lowest BCUT2D eigenvalue weighted by atomic mass is 9.94. The van der Waals surface area contributed by atoms with Crippen LogP contribution in [0.4, 0.5) is 0 Å². The van der Waals surface area contributed by atoms with Crippen molar-refractivity contribution in [3.8, 4) is 0 Å². The van der Waals surface area contributed by atoms with Gasteiger partial charge in [-0.15, -0.1) is 0 Å². The monoisotopic (exact) mass is 244 g/mol. The van der Waals surface area contributed by atoms with Crippen molar-refractivity contribution in [3.63, 3.8) is 0 Å². The highest BCUT2D eigenvalue weighted by atomic mass is 16.5. The summed E-state index contributed by atoms with van der Waals surface area (Å²) in [4.78, 5) is 22.8. The van der Waals surface area contributed by atoms with Crippen LogP contribution >= 0.6 is 0 Å². The molecule has 4 atom stereocenters. The van der Waals surface area contributed by atoms with Gasteiger partial charge in [0.05, 0.1) is 12.7 Å². The summed E-state index contributed by atoms with van der Waals surface area (Å²) in [6.07, 6.45) is 0.339. The second-order valence-corrected chi connectivity index (χ2v) is 4.38. The van der Waals surface area contributed by atoms with Gasteiger partial charge in [0.15, 0.2) is 0 Å². The Labute approximate surface area is 101 Å². The fourth-order valence-corrected chi connectivity index (χ4v) is 2.25. The van der Waals surface area contributed by atoms with E-state index >= 15 is 0 Å². The van der Waals surface area contributed by atoms with E-state index in [0.717, 1.165) is 0 Å². The van der Waals surface area contributed by atoms with Crippen LogP contribution in [-0.4, -0.2) is 41.8 Å². The van der Waals surface area contributed by atoms with E-state index in [9.17, 15) is 14.7 Å². The summed E-state index contributed by atoms with van der Waals surface area (Å²) in [5, 5.41) is 12.1. The van der Waals surface area contributed by atoms with Crippen LogP contribution in [0.1, 0.15) is 26.7 Å². The lowest BCUT2D eigenvalue weighted by molar-refractivity contribution is -0.149. The van der Waals surface area contributed by atoms with E-state index < -0.39 is 18.1 Å². The largest absolute Gasteiger partial charge is 0.464 e. The first kappa shape index (κ1) is 13.9. The number of nitrogens with one attached hydrogen (secondary N) is 1. The lowest BCUT2D eigenvalue weighted by Crippen LogP contribution is -2.50. The molecule has 6 nitrogen and oxygen atoms in total. The Hall–Kier alpha value is -1.14. The van der Waals surface area contributed by atoms with Crippen molar-refractivity contribution in [1.29, 1.82) is 0 Å². The molecule has 1 rings (SSSR count). The topological polar surface area (TPSA) is 102 Å². The SMILES string of the molecule is CCOC(=O)C(NC(C)=O)C1CC(O)CC1N. The third-order valence-electron chi connectivity index (χ3n) is 2.97. The number of hydrogen-bond acceptors (Lipinski definition) is 5. The number of amides is 1. The Morgan fingerprint density at radius 1 is 1.53 bits per heavy atom. The smallest absolute Gasteiger partial charge is 0.328 e. The minimum absolute atomic E-state index is 0.249. The normalized spacial score (nSPS) is 29.8. The first-order chi connectivity index (χ1) is 7.95. The zero-order chi connectivity index (χ0) is 13.0. The van der Waals surface area contributed by atoms with Gasteiger partial charge in [0.1, 0.15) is 6.04 Å². The minimum Gasteiger partial charge on any atom is -0.464 e. The average Bonchev–Trinajstić information content (AvgIpc) is 2.54. The molecule has 0 aromatic carbocycles. The summed E-state index contributed by atoms with van der Waals surface area (Å²) in [6, 6.07) is -1.06. The maximum Gasteiger partial charge on any atom is 0.328 e. The molecule has 1 aliphatic carbocycles. The highest BCUT2D eigenvalue weighted by molar-refractivity contribution is 5.83. The highest BCUT2D eigenvalue weighted by Gasteiger charge is 2.40. The van der Waals surface area contributed by atoms with Crippen molar-refractivity contribution < 1.29 is 19.4 Å². The molecule has 0 aromatic rings. The molecule has 1 amide bonds. The zero-order valence-electron chi connectivity index (χ0n) is 10.2. The van der Waals surface area contributed by atoms with Gasteiger partial charge in [-0.1, -0.05) is 0 Å². The maximum atomic E-state index is 11.7. The molecule has 0 saturated heterocycles. The van der Waals surface area contributed by atoms with Crippen molar-refractivity contribution in [3.05, 3.63) is 0 Å². The van der Waals surface area contributed by atoms with E-state index in [-0.39, 0.29) is 24.5 Å². The van der Waals surface area contributed by atoms with E-state index in [1.54, 1.807) is 6.92 Å². The Balaban J connectivity index is 2.75. The molecule has 1 fully saturated rings. The third-order valence-corrected chi connectivity index (χ3v) is 2.97. The van der Waals surface area contributed by atoms with Crippen molar-refractivity contribution in [1.82, 2.24) is 5.32 Å². The Morgan fingerprint density at radius 2 is 2.18 bits per heavy atom. The van der Waals surface area contributed by atoms with E-state index in [0.29, 0.717) is 12.8 Å². The molecule has 4 unspecified atom stereocenters. The van der Waals surface area contributed by atoms with Crippen LogP contribution in [-0.2, 0) is 14.3 Å². The second-order valence-electron chi connectivity index (χ2n) is 4.38. The highest BCUT2D eigenvalue weighted by Crippen LogP contribution is 2.28. The summed E-state index contributed by atoms with van der Waals surface area (Å²) in [5.41, 5.74) is 5.86. The number of rotatable bonds is 4. The van der Waals surface area contributed by atoms with E-state index in [4.69, 9.17) is 10.5 Å². The number of aliphatic hydroxyl groups is 1. The van der Waals surface area contributed by atoms with Crippen LogP contribution in [0, 0.1) is 5.92 Å². The fourth-order valence-electron chi connectivity index (χ4n) is 2.25. The lowest BCUT2D eigenvalue weighted by Gasteiger charge is -2.25. The molecule has 0 radical (unpaired) electrons. The van der Waals surface area contributed by atoms with Crippen LogP contribution in [0.5, 0.6) is 0 Å². The zero-order valence-corrected chi connectivity index (χ0v) is 10.2. The van der Waals surface area contributed by atoms with E-state index in [2.05, 4.69) is 5.32 Å². The molecule has 0 aromatic heterocycles. The quantitative estimate of drug-likeness (QED) is 0.559. The first-order valence-electron chi connectivity index (χ1n) is 5.83. The molecule has 98 valence electrons. The fraction of sp³-hybridized carbons (Fsp3) is 0.818.